The van der Waals surface area contributed by atoms with Crippen LogP contribution in [0.15, 0.2) is 36.4 Å². The van der Waals surface area contributed by atoms with E-state index in [1.54, 1.807) is 0 Å². The van der Waals surface area contributed by atoms with Crippen molar-refractivity contribution < 1.29 is 22.7 Å². The minimum absolute atomic E-state index is 0.141. The standard InChI is InChI=1S/C17H12F3NO2/c1-9(22)15-5-11-4-13(19)7-16(17(11)21-15)23-8-10-2-3-12(18)6-14(10)20/h2-7,21H,8H2,1H3. The number of fused-ring (bicyclic) bond motifs is 1. The van der Waals surface area contributed by atoms with Crippen molar-refractivity contribution in [1.29, 1.82) is 0 Å². The second-order valence-corrected chi connectivity index (χ2v) is 5.13. The van der Waals surface area contributed by atoms with Gasteiger partial charge in [-0.25, -0.2) is 13.2 Å². The van der Waals surface area contributed by atoms with E-state index in [0.29, 0.717) is 16.6 Å². The van der Waals surface area contributed by atoms with Crippen molar-refractivity contribution in [3.63, 3.8) is 0 Å². The van der Waals surface area contributed by atoms with E-state index in [0.717, 1.165) is 18.2 Å². The third-order valence-electron chi connectivity index (χ3n) is 3.43. The van der Waals surface area contributed by atoms with Gasteiger partial charge < -0.3 is 9.72 Å². The predicted octanol–water partition coefficient (Wildman–Crippen LogP) is 4.37. The Morgan fingerprint density at radius 2 is 1.87 bits per heavy atom. The molecule has 0 radical (unpaired) electrons. The Morgan fingerprint density at radius 1 is 1.09 bits per heavy atom. The van der Waals surface area contributed by atoms with Crippen molar-refractivity contribution in [2.45, 2.75) is 13.5 Å². The van der Waals surface area contributed by atoms with Crippen LogP contribution in [0.3, 0.4) is 0 Å². The van der Waals surface area contributed by atoms with Crippen LogP contribution in [0.5, 0.6) is 5.75 Å². The molecule has 0 aliphatic rings. The first-order valence-electron chi connectivity index (χ1n) is 6.84. The molecule has 1 aromatic heterocycles. The number of nitrogens with one attached hydrogen (secondary N) is 1. The van der Waals surface area contributed by atoms with Crippen LogP contribution in [-0.4, -0.2) is 10.8 Å². The third-order valence-corrected chi connectivity index (χ3v) is 3.43. The van der Waals surface area contributed by atoms with Crippen LogP contribution in [0, 0.1) is 17.5 Å². The van der Waals surface area contributed by atoms with E-state index >= 15 is 0 Å². The van der Waals surface area contributed by atoms with Gasteiger partial charge in [0.25, 0.3) is 0 Å². The van der Waals surface area contributed by atoms with E-state index < -0.39 is 17.5 Å². The smallest absolute Gasteiger partial charge is 0.175 e. The van der Waals surface area contributed by atoms with E-state index in [-0.39, 0.29) is 23.7 Å². The first-order chi connectivity index (χ1) is 10.9. The van der Waals surface area contributed by atoms with Crippen LogP contribution in [0.1, 0.15) is 23.0 Å². The highest BCUT2D eigenvalue weighted by atomic mass is 19.1. The largest absolute Gasteiger partial charge is 0.486 e. The van der Waals surface area contributed by atoms with E-state index in [2.05, 4.69) is 4.98 Å². The lowest BCUT2D eigenvalue weighted by Gasteiger charge is -2.09. The maximum atomic E-state index is 13.7. The van der Waals surface area contributed by atoms with Crippen LogP contribution in [0.2, 0.25) is 0 Å². The number of aromatic nitrogens is 1. The van der Waals surface area contributed by atoms with Gasteiger partial charge >= 0.3 is 0 Å². The lowest BCUT2D eigenvalue weighted by Crippen LogP contribution is -2.00. The summed E-state index contributed by atoms with van der Waals surface area (Å²) in [6.45, 7) is 1.19. The van der Waals surface area contributed by atoms with Gasteiger partial charge in [-0.15, -0.1) is 0 Å². The van der Waals surface area contributed by atoms with Crippen molar-refractivity contribution >= 4 is 16.7 Å². The minimum atomic E-state index is -0.742. The summed E-state index contributed by atoms with van der Waals surface area (Å²) in [7, 11) is 0. The van der Waals surface area contributed by atoms with Gasteiger partial charge in [-0.2, -0.15) is 0 Å². The molecule has 0 aliphatic carbocycles. The van der Waals surface area contributed by atoms with Gasteiger partial charge in [0, 0.05) is 30.0 Å². The SMILES string of the molecule is CC(=O)c1cc2cc(F)cc(OCc3ccc(F)cc3F)c2[nH]1. The molecule has 0 amide bonds. The summed E-state index contributed by atoms with van der Waals surface area (Å²) >= 11 is 0. The topological polar surface area (TPSA) is 42.1 Å². The van der Waals surface area contributed by atoms with Gasteiger partial charge in [0.15, 0.2) is 5.78 Å². The quantitative estimate of drug-likeness (QED) is 0.726. The van der Waals surface area contributed by atoms with Crippen LogP contribution in [0.25, 0.3) is 10.9 Å². The predicted molar refractivity (Wildman–Crippen MR) is 79.0 cm³/mol. The fraction of sp³-hybridized carbons (Fsp3) is 0.118. The minimum Gasteiger partial charge on any atom is -0.486 e. The highest BCUT2D eigenvalue weighted by Gasteiger charge is 2.12. The number of halogens is 3. The zero-order valence-electron chi connectivity index (χ0n) is 12.1. The van der Waals surface area contributed by atoms with Crippen molar-refractivity contribution in [3.05, 3.63) is 65.1 Å². The molecule has 1 N–H and O–H groups in total. The van der Waals surface area contributed by atoms with Crippen LogP contribution in [0.4, 0.5) is 13.2 Å². The molecule has 0 unspecified atom stereocenters. The number of hydrogen-bond acceptors (Lipinski definition) is 2. The second kappa shape index (κ2) is 5.79. The number of carbonyl (C=O) groups is 1. The highest BCUT2D eigenvalue weighted by molar-refractivity contribution is 5.99. The van der Waals surface area contributed by atoms with Gasteiger partial charge in [-0.1, -0.05) is 0 Å². The maximum absolute atomic E-state index is 13.7. The van der Waals surface area contributed by atoms with Crippen molar-refractivity contribution in [2.24, 2.45) is 0 Å². The number of ketones is 1. The average Bonchev–Trinajstić information content (AvgIpc) is 2.90. The second-order valence-electron chi connectivity index (χ2n) is 5.13. The van der Waals surface area contributed by atoms with E-state index in [1.165, 1.54) is 25.1 Å². The molecule has 0 aliphatic heterocycles. The zero-order valence-corrected chi connectivity index (χ0v) is 12.1. The number of H-pyrrole nitrogens is 1. The summed E-state index contributed by atoms with van der Waals surface area (Å²) in [5.74, 6) is -2.02. The number of rotatable bonds is 4. The Balaban J connectivity index is 1.94. The Kier molecular flexibility index (Phi) is 3.82. The molecule has 3 rings (SSSR count). The van der Waals surface area contributed by atoms with Crippen molar-refractivity contribution in [1.82, 2.24) is 4.98 Å². The molecule has 118 valence electrons. The number of aromatic amines is 1. The van der Waals surface area contributed by atoms with Crippen LogP contribution < -0.4 is 4.74 Å². The maximum Gasteiger partial charge on any atom is 0.175 e. The fourth-order valence-corrected chi connectivity index (χ4v) is 2.27. The van der Waals surface area contributed by atoms with E-state index in [4.69, 9.17) is 4.74 Å². The Morgan fingerprint density at radius 3 is 2.57 bits per heavy atom. The molecule has 3 nitrogen and oxygen atoms in total. The number of Topliss-reactive ketones (excluding diaryl/α,β-unsaturated/α-hetero) is 1. The summed E-state index contributed by atoms with van der Waals surface area (Å²) in [6, 6.07) is 7.06. The lowest BCUT2D eigenvalue weighted by atomic mass is 10.2. The molecule has 0 spiro atoms. The van der Waals surface area contributed by atoms with Gasteiger partial charge in [0.05, 0.1) is 11.2 Å². The summed E-state index contributed by atoms with van der Waals surface area (Å²) in [5.41, 5.74) is 0.907. The van der Waals surface area contributed by atoms with Crippen LogP contribution >= 0.6 is 0 Å². The molecule has 23 heavy (non-hydrogen) atoms. The molecule has 0 atom stereocenters. The fourth-order valence-electron chi connectivity index (χ4n) is 2.27. The molecule has 0 saturated carbocycles. The van der Waals surface area contributed by atoms with Crippen molar-refractivity contribution in [2.75, 3.05) is 0 Å². The number of ether oxygens (including phenoxy) is 1. The molecule has 1 heterocycles. The zero-order chi connectivity index (χ0) is 16.6. The Labute approximate surface area is 129 Å². The normalized spacial score (nSPS) is 11.0. The molecule has 0 bridgehead atoms. The Hall–Kier alpha value is -2.76. The van der Waals surface area contributed by atoms with Crippen molar-refractivity contribution in [3.8, 4) is 5.75 Å². The first-order valence-corrected chi connectivity index (χ1v) is 6.84. The monoisotopic (exact) mass is 319 g/mol. The highest BCUT2D eigenvalue weighted by Crippen LogP contribution is 2.28. The summed E-state index contributed by atoms with van der Waals surface area (Å²) in [6.07, 6.45) is 0. The molecule has 6 heteroatoms. The van der Waals surface area contributed by atoms with E-state index in [1.807, 2.05) is 0 Å². The summed E-state index contributed by atoms with van der Waals surface area (Å²) in [4.78, 5) is 14.3. The lowest BCUT2D eigenvalue weighted by molar-refractivity contribution is 0.101. The number of carbonyl (C=O) groups excluding carboxylic acids is 1. The van der Waals surface area contributed by atoms with Gasteiger partial charge in [-0.05, 0) is 24.3 Å². The third kappa shape index (κ3) is 3.06. The van der Waals surface area contributed by atoms with Gasteiger partial charge in [0.2, 0.25) is 0 Å². The molecule has 0 saturated heterocycles. The van der Waals surface area contributed by atoms with E-state index in [9.17, 15) is 18.0 Å². The molecule has 0 fully saturated rings. The first kappa shape index (κ1) is 15.1. The molecule has 2 aromatic carbocycles. The summed E-state index contributed by atoms with van der Waals surface area (Å²) in [5, 5.41) is 0.477. The average molecular weight is 319 g/mol. The van der Waals surface area contributed by atoms with Crippen LogP contribution in [-0.2, 0) is 6.61 Å². The molecular weight excluding hydrogens is 307 g/mol. The van der Waals surface area contributed by atoms with Gasteiger partial charge in [0.1, 0.15) is 29.8 Å². The molecule has 3 aromatic rings. The number of benzene rings is 2. The number of hydrogen-bond donors (Lipinski definition) is 1. The van der Waals surface area contributed by atoms with Gasteiger partial charge in [-0.3, -0.25) is 4.79 Å². The Bertz CT molecular complexity index is 902. The molecular formula is C17H12F3NO2. The summed E-state index contributed by atoms with van der Waals surface area (Å²) < 4.78 is 45.6.